The van der Waals surface area contributed by atoms with E-state index in [-0.39, 0.29) is 18.4 Å². The van der Waals surface area contributed by atoms with Crippen LogP contribution in [0.3, 0.4) is 0 Å². The van der Waals surface area contributed by atoms with Crippen molar-refractivity contribution >= 4 is 5.97 Å². The third-order valence-electron chi connectivity index (χ3n) is 3.86. The molecule has 2 rings (SSSR count). The third-order valence-corrected chi connectivity index (χ3v) is 3.86. The van der Waals surface area contributed by atoms with Crippen LogP contribution >= 0.6 is 0 Å². The van der Waals surface area contributed by atoms with E-state index < -0.39 is 5.97 Å². The first-order chi connectivity index (χ1) is 11.1. The molecule has 5 nitrogen and oxygen atoms in total. The number of ether oxygens (including phenoxy) is 1. The maximum absolute atomic E-state index is 11.6. The summed E-state index contributed by atoms with van der Waals surface area (Å²) in [6, 6.07) is 12.0. The van der Waals surface area contributed by atoms with Crippen LogP contribution in [0.1, 0.15) is 39.9 Å². The average Bonchev–Trinajstić information content (AvgIpc) is 2.92. The normalized spacial score (nSPS) is 12.4. The Kier molecular flexibility index (Phi) is 5.96. The maximum atomic E-state index is 11.6. The number of methoxy groups -OCH3 is 1. The van der Waals surface area contributed by atoms with E-state index in [1.807, 2.05) is 50.4 Å². The van der Waals surface area contributed by atoms with Crippen molar-refractivity contribution in [2.75, 3.05) is 20.8 Å². The zero-order valence-electron chi connectivity index (χ0n) is 13.8. The highest BCUT2D eigenvalue weighted by Gasteiger charge is 2.20. The molecular formula is C18H23NO4. The van der Waals surface area contributed by atoms with Crippen molar-refractivity contribution in [1.29, 1.82) is 0 Å². The summed E-state index contributed by atoms with van der Waals surface area (Å²) < 4.78 is 10.3. The molecule has 1 unspecified atom stereocenters. The molecule has 0 spiro atoms. The zero-order chi connectivity index (χ0) is 16.8. The Hall–Kier alpha value is -2.11. The zero-order valence-corrected chi connectivity index (χ0v) is 13.8. The number of carbonyl (C=O) groups excluding carboxylic acids is 1. The Bertz CT molecular complexity index is 636. The average molecular weight is 317 g/mol. The van der Waals surface area contributed by atoms with E-state index in [2.05, 4.69) is 4.90 Å². The lowest BCUT2D eigenvalue weighted by Gasteiger charge is -2.27. The number of rotatable bonds is 7. The van der Waals surface area contributed by atoms with E-state index in [0.717, 1.165) is 11.1 Å². The van der Waals surface area contributed by atoms with Gasteiger partial charge in [0, 0.05) is 18.2 Å². The molecule has 0 aliphatic rings. The molecule has 0 amide bonds. The third kappa shape index (κ3) is 4.21. The van der Waals surface area contributed by atoms with Crippen LogP contribution in [-0.2, 0) is 11.3 Å². The molecule has 0 aliphatic carbocycles. The lowest BCUT2D eigenvalue weighted by molar-refractivity contribution is 0.0559. The molecule has 124 valence electrons. The molecule has 1 heterocycles. The first-order valence-electron chi connectivity index (χ1n) is 7.60. The van der Waals surface area contributed by atoms with E-state index in [9.17, 15) is 9.90 Å². The Morgan fingerprint density at radius 2 is 2.04 bits per heavy atom. The summed E-state index contributed by atoms with van der Waals surface area (Å²) in [6.45, 7) is 2.47. The SMILES string of the molecule is COC(=O)c1oc(CN(C)C(CCO)c2ccccc2)cc1C. The van der Waals surface area contributed by atoms with Gasteiger partial charge in [-0.1, -0.05) is 30.3 Å². The second-order valence-electron chi connectivity index (χ2n) is 5.57. The van der Waals surface area contributed by atoms with Gasteiger partial charge in [0.1, 0.15) is 5.76 Å². The highest BCUT2D eigenvalue weighted by Crippen LogP contribution is 2.25. The molecule has 0 fully saturated rings. The van der Waals surface area contributed by atoms with E-state index in [1.165, 1.54) is 7.11 Å². The van der Waals surface area contributed by atoms with Gasteiger partial charge in [0.05, 0.1) is 13.7 Å². The number of aliphatic hydroxyl groups is 1. The van der Waals surface area contributed by atoms with Gasteiger partial charge in [0.2, 0.25) is 5.76 Å². The van der Waals surface area contributed by atoms with Crippen LogP contribution < -0.4 is 0 Å². The number of aliphatic hydroxyl groups excluding tert-OH is 1. The fourth-order valence-corrected chi connectivity index (χ4v) is 2.72. The quantitative estimate of drug-likeness (QED) is 0.796. The fourth-order valence-electron chi connectivity index (χ4n) is 2.72. The molecule has 1 atom stereocenters. The number of nitrogens with zero attached hydrogens (tertiary/aromatic N) is 1. The van der Waals surface area contributed by atoms with Gasteiger partial charge in [0.25, 0.3) is 0 Å². The number of furan rings is 1. The summed E-state index contributed by atoms with van der Waals surface area (Å²) >= 11 is 0. The van der Waals surface area contributed by atoms with Crippen molar-refractivity contribution in [3.05, 3.63) is 59.0 Å². The van der Waals surface area contributed by atoms with Gasteiger partial charge in [-0.3, -0.25) is 4.90 Å². The van der Waals surface area contributed by atoms with Crippen LogP contribution in [-0.4, -0.2) is 36.7 Å². The number of aryl methyl sites for hydroxylation is 1. The van der Waals surface area contributed by atoms with Gasteiger partial charge in [-0.05, 0) is 32.0 Å². The Morgan fingerprint density at radius 1 is 1.35 bits per heavy atom. The van der Waals surface area contributed by atoms with Crippen LogP contribution in [0.25, 0.3) is 0 Å². The van der Waals surface area contributed by atoms with Crippen molar-refractivity contribution in [2.24, 2.45) is 0 Å². The van der Waals surface area contributed by atoms with Gasteiger partial charge in [-0.2, -0.15) is 0 Å². The molecule has 1 N–H and O–H groups in total. The largest absolute Gasteiger partial charge is 0.463 e. The predicted octanol–water partition coefficient (Wildman–Crippen LogP) is 2.93. The predicted molar refractivity (Wildman–Crippen MR) is 87.1 cm³/mol. The number of hydrogen-bond acceptors (Lipinski definition) is 5. The summed E-state index contributed by atoms with van der Waals surface area (Å²) in [5.74, 6) is 0.477. The van der Waals surface area contributed by atoms with Crippen LogP contribution in [0, 0.1) is 6.92 Å². The minimum atomic E-state index is -0.466. The highest BCUT2D eigenvalue weighted by molar-refractivity contribution is 5.87. The molecule has 2 aromatic rings. The number of hydrogen-bond donors (Lipinski definition) is 1. The Morgan fingerprint density at radius 3 is 2.65 bits per heavy atom. The van der Waals surface area contributed by atoms with Gasteiger partial charge in [-0.25, -0.2) is 4.79 Å². The van der Waals surface area contributed by atoms with E-state index in [1.54, 1.807) is 0 Å². The summed E-state index contributed by atoms with van der Waals surface area (Å²) in [5.41, 5.74) is 1.90. The van der Waals surface area contributed by atoms with Crippen LogP contribution in [0.15, 0.2) is 40.8 Å². The molecule has 0 aliphatic heterocycles. The molecule has 1 aromatic carbocycles. The monoisotopic (exact) mass is 317 g/mol. The molecule has 5 heteroatoms. The molecule has 1 aromatic heterocycles. The molecular weight excluding hydrogens is 294 g/mol. The minimum Gasteiger partial charge on any atom is -0.463 e. The lowest BCUT2D eigenvalue weighted by atomic mass is 10.0. The van der Waals surface area contributed by atoms with Crippen molar-refractivity contribution < 1.29 is 19.1 Å². The maximum Gasteiger partial charge on any atom is 0.374 e. The van der Waals surface area contributed by atoms with Crippen molar-refractivity contribution in [3.63, 3.8) is 0 Å². The first-order valence-corrected chi connectivity index (χ1v) is 7.60. The van der Waals surface area contributed by atoms with Crippen LogP contribution in [0.2, 0.25) is 0 Å². The standard InChI is InChI=1S/C18H23NO4/c1-13-11-15(23-17(13)18(21)22-3)12-19(2)16(9-10-20)14-7-5-4-6-8-14/h4-8,11,16,20H,9-10,12H2,1-3H3. The first kappa shape index (κ1) is 17.2. The second kappa shape index (κ2) is 7.94. The molecule has 23 heavy (non-hydrogen) atoms. The summed E-state index contributed by atoms with van der Waals surface area (Å²) in [4.78, 5) is 13.7. The van der Waals surface area contributed by atoms with Crippen LogP contribution in [0.5, 0.6) is 0 Å². The summed E-state index contributed by atoms with van der Waals surface area (Å²) in [7, 11) is 3.31. The van der Waals surface area contributed by atoms with E-state index >= 15 is 0 Å². The topological polar surface area (TPSA) is 62.9 Å². The number of benzene rings is 1. The fraction of sp³-hybridized carbons (Fsp3) is 0.389. The highest BCUT2D eigenvalue weighted by atomic mass is 16.5. The van der Waals surface area contributed by atoms with Crippen molar-refractivity contribution in [3.8, 4) is 0 Å². The molecule has 0 bridgehead atoms. The van der Waals surface area contributed by atoms with E-state index in [0.29, 0.717) is 18.7 Å². The minimum absolute atomic E-state index is 0.0770. The van der Waals surface area contributed by atoms with Gasteiger partial charge >= 0.3 is 5.97 Å². The molecule has 0 radical (unpaired) electrons. The summed E-state index contributed by atoms with van der Waals surface area (Å²) in [5, 5.41) is 9.35. The lowest BCUT2D eigenvalue weighted by Crippen LogP contribution is -2.25. The van der Waals surface area contributed by atoms with Crippen molar-refractivity contribution in [2.45, 2.75) is 25.9 Å². The molecule has 0 saturated carbocycles. The van der Waals surface area contributed by atoms with Gasteiger partial charge < -0.3 is 14.3 Å². The number of esters is 1. The molecule has 0 saturated heterocycles. The summed E-state index contributed by atoms with van der Waals surface area (Å²) in [6.07, 6.45) is 0.629. The van der Waals surface area contributed by atoms with Gasteiger partial charge in [0.15, 0.2) is 0 Å². The number of carbonyl (C=O) groups is 1. The Labute approximate surface area is 136 Å². The van der Waals surface area contributed by atoms with Crippen molar-refractivity contribution in [1.82, 2.24) is 4.90 Å². The second-order valence-corrected chi connectivity index (χ2v) is 5.57. The Balaban J connectivity index is 2.16. The van der Waals surface area contributed by atoms with E-state index in [4.69, 9.17) is 9.15 Å². The smallest absolute Gasteiger partial charge is 0.374 e. The van der Waals surface area contributed by atoms with Gasteiger partial charge in [-0.15, -0.1) is 0 Å². The van der Waals surface area contributed by atoms with Crippen LogP contribution in [0.4, 0.5) is 0 Å².